The number of methoxy groups -OCH3 is 1. The van der Waals surface area contributed by atoms with Crippen LogP contribution in [0.5, 0.6) is 5.75 Å². The summed E-state index contributed by atoms with van der Waals surface area (Å²) in [6, 6.07) is 10.5. The number of aryl methyl sites for hydroxylation is 2. The van der Waals surface area contributed by atoms with Gasteiger partial charge in [-0.3, -0.25) is 9.59 Å². The number of nitrogens with one attached hydrogen (secondary N) is 1. The minimum absolute atomic E-state index is 0.166. The Morgan fingerprint density at radius 2 is 2.04 bits per heavy atom. The van der Waals surface area contributed by atoms with E-state index in [0.29, 0.717) is 34.0 Å². The predicted octanol–water partition coefficient (Wildman–Crippen LogP) is 3.64. The highest BCUT2D eigenvalue weighted by Crippen LogP contribution is 2.31. The van der Waals surface area contributed by atoms with Gasteiger partial charge in [0, 0.05) is 17.6 Å². The first-order chi connectivity index (χ1) is 12.5. The highest BCUT2D eigenvalue weighted by Gasteiger charge is 2.19. The number of aromatic nitrogens is 2. The maximum Gasteiger partial charge on any atom is 0.282 e. The lowest BCUT2D eigenvalue weighted by atomic mass is 10.2. The van der Waals surface area contributed by atoms with Gasteiger partial charge in [0.2, 0.25) is 0 Å². The van der Waals surface area contributed by atoms with Crippen LogP contribution in [0.25, 0.3) is 11.0 Å². The van der Waals surface area contributed by atoms with Crippen molar-refractivity contribution in [1.29, 1.82) is 0 Å². The summed E-state index contributed by atoms with van der Waals surface area (Å²) in [4.78, 5) is 29.7. The molecule has 0 spiro atoms. The Bertz CT molecular complexity index is 1060. The molecule has 0 saturated heterocycles. The number of anilines is 1. The van der Waals surface area contributed by atoms with E-state index in [9.17, 15) is 9.59 Å². The van der Waals surface area contributed by atoms with Gasteiger partial charge in [0.1, 0.15) is 5.75 Å². The summed E-state index contributed by atoms with van der Waals surface area (Å²) in [7, 11) is 1.48. The maximum absolute atomic E-state index is 12.7. The number of nitrogens with zero attached hydrogens (tertiary/aromatic N) is 2. The standard InChI is InChI=1S/C19H18ClN3O3/c1-4-23-15-8-6-5-7-13(15)21-17(19(23)25)18(24)22-14-9-11(2)12(20)10-16(14)26-3/h5-10H,4H2,1-3H3,(H,22,24). The van der Waals surface area contributed by atoms with E-state index in [1.54, 1.807) is 24.3 Å². The molecule has 0 bridgehead atoms. The molecule has 0 unspecified atom stereocenters. The minimum Gasteiger partial charge on any atom is -0.495 e. The quantitative estimate of drug-likeness (QED) is 0.759. The number of para-hydroxylation sites is 2. The monoisotopic (exact) mass is 371 g/mol. The molecule has 3 rings (SSSR count). The molecular formula is C19H18ClN3O3. The normalized spacial score (nSPS) is 10.8. The molecule has 134 valence electrons. The number of benzene rings is 2. The van der Waals surface area contributed by atoms with Crippen molar-refractivity contribution in [1.82, 2.24) is 9.55 Å². The van der Waals surface area contributed by atoms with Gasteiger partial charge in [0.25, 0.3) is 11.5 Å². The molecule has 0 aliphatic heterocycles. The van der Waals surface area contributed by atoms with Crippen LogP contribution in [0.4, 0.5) is 5.69 Å². The van der Waals surface area contributed by atoms with Gasteiger partial charge in [-0.25, -0.2) is 4.98 Å². The van der Waals surface area contributed by atoms with E-state index in [4.69, 9.17) is 16.3 Å². The third-order valence-corrected chi connectivity index (χ3v) is 4.52. The van der Waals surface area contributed by atoms with Crippen LogP contribution in [-0.2, 0) is 6.54 Å². The largest absolute Gasteiger partial charge is 0.495 e. The SMILES string of the molecule is CCn1c(=O)c(C(=O)Nc2cc(C)c(Cl)cc2OC)nc2ccccc21. The molecule has 0 saturated carbocycles. The van der Waals surface area contributed by atoms with Gasteiger partial charge in [-0.2, -0.15) is 0 Å². The van der Waals surface area contributed by atoms with Crippen LogP contribution in [0, 0.1) is 6.92 Å². The first kappa shape index (κ1) is 17.9. The molecule has 0 fully saturated rings. The zero-order valence-corrected chi connectivity index (χ0v) is 15.4. The van der Waals surface area contributed by atoms with Gasteiger partial charge in [-0.15, -0.1) is 0 Å². The molecule has 7 heteroatoms. The summed E-state index contributed by atoms with van der Waals surface area (Å²) >= 11 is 6.09. The lowest BCUT2D eigenvalue weighted by Crippen LogP contribution is -2.31. The van der Waals surface area contributed by atoms with Crippen LogP contribution in [0.2, 0.25) is 5.02 Å². The molecule has 26 heavy (non-hydrogen) atoms. The number of carbonyl (C=O) groups is 1. The topological polar surface area (TPSA) is 73.2 Å². The second-order valence-electron chi connectivity index (χ2n) is 5.75. The van der Waals surface area contributed by atoms with E-state index in [1.165, 1.54) is 11.7 Å². The number of hydrogen-bond donors (Lipinski definition) is 1. The Morgan fingerprint density at radius 1 is 1.31 bits per heavy atom. The van der Waals surface area contributed by atoms with Crippen molar-refractivity contribution in [3.8, 4) is 5.75 Å². The fourth-order valence-electron chi connectivity index (χ4n) is 2.77. The summed E-state index contributed by atoms with van der Waals surface area (Å²) in [5, 5.41) is 3.23. The van der Waals surface area contributed by atoms with Gasteiger partial charge in [0.15, 0.2) is 5.69 Å². The van der Waals surface area contributed by atoms with Gasteiger partial charge >= 0.3 is 0 Å². The number of carbonyl (C=O) groups excluding carboxylic acids is 1. The Hall–Kier alpha value is -2.86. The number of hydrogen-bond acceptors (Lipinski definition) is 4. The van der Waals surface area contributed by atoms with Crippen molar-refractivity contribution in [2.24, 2.45) is 0 Å². The zero-order chi connectivity index (χ0) is 18.8. The van der Waals surface area contributed by atoms with Gasteiger partial charge < -0.3 is 14.6 Å². The Morgan fingerprint density at radius 3 is 2.73 bits per heavy atom. The van der Waals surface area contributed by atoms with E-state index in [1.807, 2.05) is 26.0 Å². The van der Waals surface area contributed by atoms with Crippen molar-refractivity contribution in [3.63, 3.8) is 0 Å². The number of halogens is 1. The number of rotatable bonds is 4. The highest BCUT2D eigenvalue weighted by atomic mass is 35.5. The third-order valence-electron chi connectivity index (χ3n) is 4.11. The molecule has 0 aliphatic rings. The van der Waals surface area contributed by atoms with E-state index in [-0.39, 0.29) is 5.69 Å². The fraction of sp³-hybridized carbons (Fsp3) is 0.211. The lowest BCUT2D eigenvalue weighted by Gasteiger charge is -2.13. The molecule has 0 aliphatic carbocycles. The summed E-state index contributed by atoms with van der Waals surface area (Å²) in [6.45, 7) is 4.10. The summed E-state index contributed by atoms with van der Waals surface area (Å²) in [5.41, 5.74) is 1.88. The Kier molecular flexibility index (Phi) is 4.95. The van der Waals surface area contributed by atoms with Crippen molar-refractivity contribution >= 4 is 34.2 Å². The van der Waals surface area contributed by atoms with Gasteiger partial charge in [-0.1, -0.05) is 23.7 Å². The Labute approximate surface area is 155 Å². The van der Waals surface area contributed by atoms with Crippen molar-refractivity contribution in [3.05, 3.63) is 63.0 Å². The minimum atomic E-state index is -0.594. The molecule has 0 radical (unpaired) electrons. The molecule has 1 heterocycles. The van der Waals surface area contributed by atoms with Crippen LogP contribution in [0.3, 0.4) is 0 Å². The number of amides is 1. The van der Waals surface area contributed by atoms with Crippen LogP contribution < -0.4 is 15.6 Å². The predicted molar refractivity (Wildman–Crippen MR) is 102 cm³/mol. The zero-order valence-electron chi connectivity index (χ0n) is 14.7. The maximum atomic E-state index is 12.7. The second-order valence-corrected chi connectivity index (χ2v) is 6.16. The first-order valence-corrected chi connectivity index (χ1v) is 8.49. The van der Waals surface area contributed by atoms with Crippen molar-refractivity contribution in [2.45, 2.75) is 20.4 Å². The summed E-state index contributed by atoms with van der Waals surface area (Å²) < 4.78 is 6.79. The van der Waals surface area contributed by atoms with Crippen LogP contribution >= 0.6 is 11.6 Å². The molecule has 1 N–H and O–H groups in total. The third kappa shape index (κ3) is 3.15. The molecule has 2 aromatic carbocycles. The molecule has 6 nitrogen and oxygen atoms in total. The van der Waals surface area contributed by atoms with Crippen LogP contribution in [0.15, 0.2) is 41.2 Å². The van der Waals surface area contributed by atoms with Crippen LogP contribution in [-0.4, -0.2) is 22.6 Å². The summed E-state index contributed by atoms with van der Waals surface area (Å²) in [6.07, 6.45) is 0. The number of fused-ring (bicyclic) bond motifs is 1. The van der Waals surface area contributed by atoms with E-state index in [2.05, 4.69) is 10.3 Å². The molecule has 0 atom stereocenters. The van der Waals surface area contributed by atoms with Gasteiger partial charge in [0.05, 0.1) is 23.8 Å². The molecular weight excluding hydrogens is 354 g/mol. The fourth-order valence-corrected chi connectivity index (χ4v) is 2.92. The van der Waals surface area contributed by atoms with Crippen molar-refractivity contribution in [2.75, 3.05) is 12.4 Å². The highest BCUT2D eigenvalue weighted by molar-refractivity contribution is 6.31. The van der Waals surface area contributed by atoms with Gasteiger partial charge in [-0.05, 0) is 37.6 Å². The Balaban J connectivity index is 2.08. The van der Waals surface area contributed by atoms with Crippen molar-refractivity contribution < 1.29 is 9.53 Å². The second kappa shape index (κ2) is 7.17. The molecule has 3 aromatic rings. The summed E-state index contributed by atoms with van der Waals surface area (Å²) in [5.74, 6) is -0.187. The average Bonchev–Trinajstić information content (AvgIpc) is 2.64. The van der Waals surface area contributed by atoms with E-state index in [0.717, 1.165) is 5.56 Å². The average molecular weight is 372 g/mol. The molecule has 1 aromatic heterocycles. The number of ether oxygens (including phenoxy) is 1. The first-order valence-electron chi connectivity index (χ1n) is 8.11. The van der Waals surface area contributed by atoms with Crippen LogP contribution in [0.1, 0.15) is 23.0 Å². The lowest BCUT2D eigenvalue weighted by molar-refractivity contribution is 0.102. The van der Waals surface area contributed by atoms with E-state index < -0.39 is 11.5 Å². The smallest absolute Gasteiger partial charge is 0.282 e. The van der Waals surface area contributed by atoms with E-state index >= 15 is 0 Å². The molecule has 1 amide bonds.